The van der Waals surface area contributed by atoms with Crippen LogP contribution < -0.4 is 11.0 Å². The molecule has 0 aliphatic carbocycles. The lowest BCUT2D eigenvalue weighted by atomic mass is 10.0. The molecule has 1 saturated heterocycles. The number of halogens is 1. The lowest BCUT2D eigenvalue weighted by molar-refractivity contribution is 0.198. The van der Waals surface area contributed by atoms with Crippen LogP contribution in [-0.2, 0) is 0 Å². The number of rotatable bonds is 2. The van der Waals surface area contributed by atoms with E-state index >= 15 is 0 Å². The highest BCUT2D eigenvalue weighted by Crippen LogP contribution is 2.49. The van der Waals surface area contributed by atoms with Gasteiger partial charge in [0, 0.05) is 23.0 Å². The molecule has 0 radical (unpaired) electrons. The summed E-state index contributed by atoms with van der Waals surface area (Å²) in [6.45, 7) is 0.322. The van der Waals surface area contributed by atoms with Gasteiger partial charge in [0.05, 0.1) is 29.4 Å². The molecular formula is C25H18FN5O3. The van der Waals surface area contributed by atoms with Crippen molar-refractivity contribution in [1.29, 1.82) is 5.26 Å². The summed E-state index contributed by atoms with van der Waals surface area (Å²) in [6.07, 6.45) is 0.532. The quantitative estimate of drug-likeness (QED) is 0.476. The van der Waals surface area contributed by atoms with Gasteiger partial charge in [-0.1, -0.05) is 24.3 Å². The number of aromatic nitrogens is 2. The molecule has 8 nitrogen and oxygen atoms in total. The SMILES string of the molecule is N#Cc1ccc(-n2c(O)c3n(c2=O)C2CC3N(C(=O)Nc3ccc(F)cc3)C2)c2ccccc12. The minimum atomic E-state index is -0.468. The van der Waals surface area contributed by atoms with Gasteiger partial charge in [0.1, 0.15) is 11.5 Å². The number of urea groups is 1. The topological polar surface area (TPSA) is 103 Å². The van der Waals surface area contributed by atoms with Gasteiger partial charge in [0.15, 0.2) is 0 Å². The zero-order valence-corrected chi connectivity index (χ0v) is 17.8. The molecule has 0 saturated carbocycles. The number of hydrogen-bond acceptors (Lipinski definition) is 4. The Balaban J connectivity index is 1.41. The molecule has 2 amide bonds. The van der Waals surface area contributed by atoms with Crippen LogP contribution in [-0.4, -0.2) is 31.7 Å². The number of imidazole rings is 1. The number of carbonyl (C=O) groups excluding carboxylic acids is 1. The Labute approximate surface area is 192 Å². The van der Waals surface area contributed by atoms with E-state index in [9.17, 15) is 24.3 Å². The van der Waals surface area contributed by atoms with Gasteiger partial charge in [-0.3, -0.25) is 4.57 Å². The van der Waals surface area contributed by atoms with Crippen LogP contribution in [0, 0.1) is 17.1 Å². The van der Waals surface area contributed by atoms with Gasteiger partial charge >= 0.3 is 11.7 Å². The van der Waals surface area contributed by atoms with Crippen LogP contribution in [0.5, 0.6) is 5.88 Å². The third kappa shape index (κ3) is 2.75. The number of amides is 2. The number of carbonyl (C=O) groups is 1. The Hall–Kier alpha value is -4.58. The fourth-order valence-corrected chi connectivity index (χ4v) is 5.19. The maximum Gasteiger partial charge on any atom is 0.336 e. The molecule has 34 heavy (non-hydrogen) atoms. The summed E-state index contributed by atoms with van der Waals surface area (Å²) >= 11 is 0. The number of aromatic hydroxyl groups is 1. The molecule has 0 spiro atoms. The van der Waals surface area contributed by atoms with Crippen molar-refractivity contribution in [3.63, 3.8) is 0 Å². The van der Waals surface area contributed by atoms with Gasteiger partial charge in [0.2, 0.25) is 5.88 Å². The Kier molecular flexibility index (Phi) is 4.26. The lowest BCUT2D eigenvalue weighted by Gasteiger charge is -2.27. The Morgan fingerprint density at radius 2 is 1.82 bits per heavy atom. The number of nitrogens with one attached hydrogen (secondary N) is 1. The molecule has 4 aromatic rings. The fourth-order valence-electron chi connectivity index (χ4n) is 5.19. The predicted molar refractivity (Wildman–Crippen MR) is 122 cm³/mol. The van der Waals surface area contributed by atoms with Crippen LogP contribution in [0.3, 0.4) is 0 Å². The molecule has 2 aliphatic heterocycles. The van der Waals surface area contributed by atoms with E-state index < -0.39 is 11.9 Å². The van der Waals surface area contributed by atoms with E-state index in [1.54, 1.807) is 33.7 Å². The Bertz CT molecular complexity index is 1580. The second-order valence-corrected chi connectivity index (χ2v) is 8.48. The van der Waals surface area contributed by atoms with Crippen LogP contribution >= 0.6 is 0 Å². The maximum absolute atomic E-state index is 13.4. The molecule has 1 fully saturated rings. The first-order valence-corrected chi connectivity index (χ1v) is 10.8. The van der Waals surface area contributed by atoms with Crippen LogP contribution in [0.25, 0.3) is 16.5 Å². The number of benzene rings is 3. The van der Waals surface area contributed by atoms with Gasteiger partial charge in [-0.15, -0.1) is 0 Å². The number of nitrogens with zero attached hydrogens (tertiary/aromatic N) is 4. The van der Waals surface area contributed by atoms with Crippen molar-refractivity contribution in [1.82, 2.24) is 14.0 Å². The minimum absolute atomic E-state index is 0.216. The maximum atomic E-state index is 13.4. The van der Waals surface area contributed by atoms with Crippen LogP contribution in [0.2, 0.25) is 0 Å². The largest absolute Gasteiger partial charge is 0.493 e. The minimum Gasteiger partial charge on any atom is -0.493 e. The summed E-state index contributed by atoms with van der Waals surface area (Å²) in [5.41, 5.74) is 1.41. The summed E-state index contributed by atoms with van der Waals surface area (Å²) in [6, 6.07) is 17.0. The van der Waals surface area contributed by atoms with Crippen LogP contribution in [0.1, 0.15) is 29.8 Å². The van der Waals surface area contributed by atoms with Crippen molar-refractivity contribution >= 4 is 22.5 Å². The highest BCUT2D eigenvalue weighted by molar-refractivity contribution is 5.94. The molecule has 2 aliphatic rings. The smallest absolute Gasteiger partial charge is 0.336 e. The monoisotopic (exact) mass is 455 g/mol. The van der Waals surface area contributed by atoms with E-state index in [0.29, 0.717) is 46.4 Å². The molecule has 9 heteroatoms. The molecule has 3 aromatic carbocycles. The number of nitriles is 1. The average Bonchev–Trinajstić information content (AvgIpc) is 3.51. The third-order valence-electron chi connectivity index (χ3n) is 6.68. The highest BCUT2D eigenvalue weighted by atomic mass is 19.1. The number of anilines is 1. The average molecular weight is 455 g/mol. The van der Waals surface area contributed by atoms with E-state index in [0.717, 1.165) is 0 Å². The number of hydrogen-bond donors (Lipinski definition) is 2. The zero-order chi connectivity index (χ0) is 23.6. The number of likely N-dealkylation sites (tertiary alicyclic amines) is 1. The number of fused-ring (bicyclic) bond motifs is 6. The van der Waals surface area contributed by atoms with Gasteiger partial charge in [-0.2, -0.15) is 5.26 Å². The van der Waals surface area contributed by atoms with Gasteiger partial charge in [-0.25, -0.2) is 18.5 Å². The Morgan fingerprint density at radius 3 is 2.56 bits per heavy atom. The van der Waals surface area contributed by atoms with E-state index in [1.807, 2.05) is 12.1 Å². The van der Waals surface area contributed by atoms with Gasteiger partial charge in [0.25, 0.3) is 0 Å². The van der Waals surface area contributed by atoms with E-state index in [2.05, 4.69) is 11.4 Å². The first-order valence-electron chi connectivity index (χ1n) is 10.8. The second-order valence-electron chi connectivity index (χ2n) is 8.48. The molecule has 2 unspecified atom stereocenters. The lowest BCUT2D eigenvalue weighted by Crippen LogP contribution is -2.40. The predicted octanol–water partition coefficient (Wildman–Crippen LogP) is 4.04. The fraction of sp³-hybridized carbons (Fsp3) is 0.160. The molecule has 1 aromatic heterocycles. The molecule has 2 bridgehead atoms. The van der Waals surface area contributed by atoms with E-state index in [-0.39, 0.29) is 23.6 Å². The summed E-state index contributed by atoms with van der Waals surface area (Å²) in [7, 11) is 0. The summed E-state index contributed by atoms with van der Waals surface area (Å²) in [5.74, 6) is -0.615. The molecule has 3 heterocycles. The summed E-state index contributed by atoms with van der Waals surface area (Å²) < 4.78 is 16.0. The van der Waals surface area contributed by atoms with E-state index in [4.69, 9.17) is 0 Å². The standard InChI is InChI=1S/C25H18FN5O3/c26-15-6-8-16(9-7-15)28-24(33)29-13-17-11-21(29)22-23(32)31(25(34)30(17)22)20-10-5-14(12-27)18-3-1-2-4-19(18)20/h1-10,17,21,32H,11,13H2,(H,28,33). The summed E-state index contributed by atoms with van der Waals surface area (Å²) in [5, 5.41) is 24.7. The Morgan fingerprint density at radius 1 is 1.09 bits per heavy atom. The van der Waals surface area contributed by atoms with Crippen LogP contribution in [0.4, 0.5) is 14.9 Å². The third-order valence-corrected chi connectivity index (χ3v) is 6.68. The normalized spacial score (nSPS) is 18.2. The van der Waals surface area contributed by atoms with Crippen molar-refractivity contribution in [2.45, 2.75) is 18.5 Å². The molecule has 168 valence electrons. The first kappa shape index (κ1) is 20.1. The van der Waals surface area contributed by atoms with Crippen molar-refractivity contribution < 1.29 is 14.3 Å². The van der Waals surface area contributed by atoms with Crippen molar-refractivity contribution in [2.75, 3.05) is 11.9 Å². The first-order chi connectivity index (χ1) is 16.5. The molecular weight excluding hydrogens is 437 g/mol. The molecule has 2 atom stereocenters. The van der Waals surface area contributed by atoms with Gasteiger partial charge in [-0.05, 0) is 42.8 Å². The van der Waals surface area contributed by atoms with Crippen LogP contribution in [0.15, 0.2) is 65.5 Å². The van der Waals surface area contributed by atoms with Crippen molar-refractivity contribution in [2.24, 2.45) is 0 Å². The second kappa shape index (κ2) is 7.22. The zero-order valence-electron chi connectivity index (χ0n) is 17.8. The summed E-state index contributed by atoms with van der Waals surface area (Å²) in [4.78, 5) is 27.9. The van der Waals surface area contributed by atoms with Crippen molar-refractivity contribution in [3.8, 4) is 17.6 Å². The molecule has 6 rings (SSSR count). The van der Waals surface area contributed by atoms with Gasteiger partial charge < -0.3 is 15.3 Å². The molecule has 2 N–H and O–H groups in total. The van der Waals surface area contributed by atoms with Crippen molar-refractivity contribution in [3.05, 3.63) is 88.2 Å². The van der Waals surface area contributed by atoms with E-state index in [1.165, 1.54) is 28.8 Å². The highest BCUT2D eigenvalue weighted by Gasteiger charge is 2.49.